The molecule has 7 heteroatoms. The van der Waals surface area contributed by atoms with Gasteiger partial charge in [-0.1, -0.05) is 57.3 Å². The summed E-state index contributed by atoms with van der Waals surface area (Å²) in [7, 11) is 0. The Morgan fingerprint density at radius 3 is 2.57 bits per heavy atom. The molecule has 4 atom stereocenters. The van der Waals surface area contributed by atoms with Gasteiger partial charge < -0.3 is 10.6 Å². The van der Waals surface area contributed by atoms with E-state index in [-0.39, 0.29) is 18.5 Å². The average Bonchev–Trinajstić information content (AvgIpc) is 2.91. The van der Waals surface area contributed by atoms with Gasteiger partial charge in [0.2, 0.25) is 5.91 Å². The molecule has 0 unspecified atom stereocenters. The molecule has 1 saturated carbocycles. The lowest BCUT2D eigenvalue weighted by Crippen LogP contribution is -2.49. The molecule has 2 N–H and O–H groups in total. The zero-order valence-electron chi connectivity index (χ0n) is 16.6. The number of rotatable bonds is 5. The third-order valence-corrected chi connectivity index (χ3v) is 6.65. The maximum Gasteiger partial charge on any atom is 0.325 e. The fourth-order valence-electron chi connectivity index (χ4n) is 4.33. The second-order valence-electron chi connectivity index (χ2n) is 8.03. The van der Waals surface area contributed by atoms with Crippen molar-refractivity contribution in [2.45, 2.75) is 58.0 Å². The fourth-order valence-corrected chi connectivity index (χ4v) is 4.45. The smallest absolute Gasteiger partial charge is 0.325 e. The van der Waals surface area contributed by atoms with E-state index in [4.69, 9.17) is 11.6 Å². The zero-order valence-corrected chi connectivity index (χ0v) is 17.4. The van der Waals surface area contributed by atoms with Crippen LogP contribution in [0, 0.1) is 11.8 Å². The molecule has 1 aliphatic heterocycles. The maximum atomic E-state index is 13.1. The monoisotopic (exact) mass is 405 g/mol. The van der Waals surface area contributed by atoms with Gasteiger partial charge >= 0.3 is 6.03 Å². The number of benzene rings is 1. The van der Waals surface area contributed by atoms with Gasteiger partial charge in [0.15, 0.2) is 0 Å². The van der Waals surface area contributed by atoms with Gasteiger partial charge in [-0.15, -0.1) is 0 Å². The molecule has 1 aromatic carbocycles. The molecule has 1 aliphatic carbocycles. The molecule has 28 heavy (non-hydrogen) atoms. The molecule has 0 aromatic heterocycles. The summed E-state index contributed by atoms with van der Waals surface area (Å²) in [4.78, 5) is 39.3. The summed E-state index contributed by atoms with van der Waals surface area (Å²) in [5.74, 6) is 0.234. The predicted octanol–water partition coefficient (Wildman–Crippen LogP) is 3.44. The van der Waals surface area contributed by atoms with Gasteiger partial charge in [0.05, 0.1) is 0 Å². The van der Waals surface area contributed by atoms with Crippen LogP contribution < -0.4 is 10.6 Å². The highest BCUT2D eigenvalue weighted by molar-refractivity contribution is 6.30. The van der Waals surface area contributed by atoms with Crippen molar-refractivity contribution in [2.24, 2.45) is 11.8 Å². The minimum absolute atomic E-state index is 0.0872. The number of nitrogens with zero attached hydrogens (tertiary/aromatic N) is 1. The number of urea groups is 1. The topological polar surface area (TPSA) is 78.5 Å². The SMILES string of the molecule is CC[C@]1(c2ccc(Cl)cc2)NC(=O)N(CC(=O)N[C@@H]2CCC[C@H](C)[C@@H]2C)C1=O. The highest BCUT2D eigenvalue weighted by Crippen LogP contribution is 2.33. The van der Waals surface area contributed by atoms with Crippen molar-refractivity contribution in [3.63, 3.8) is 0 Å². The first-order chi connectivity index (χ1) is 13.3. The Balaban J connectivity index is 1.72. The molecule has 0 spiro atoms. The van der Waals surface area contributed by atoms with Crippen LogP contribution in [0.5, 0.6) is 0 Å². The second kappa shape index (κ2) is 8.11. The van der Waals surface area contributed by atoms with Gasteiger partial charge in [-0.25, -0.2) is 4.79 Å². The van der Waals surface area contributed by atoms with Crippen molar-refractivity contribution in [3.8, 4) is 0 Å². The van der Waals surface area contributed by atoms with Crippen LogP contribution in [-0.4, -0.2) is 35.3 Å². The number of imide groups is 1. The normalized spacial score (nSPS) is 30.3. The summed E-state index contributed by atoms with van der Waals surface area (Å²) in [6.45, 7) is 5.91. The zero-order chi connectivity index (χ0) is 20.5. The number of hydrogen-bond donors (Lipinski definition) is 2. The molecular formula is C21H28ClN3O3. The highest BCUT2D eigenvalue weighted by Gasteiger charge is 2.51. The van der Waals surface area contributed by atoms with Crippen molar-refractivity contribution in [1.29, 1.82) is 0 Å². The van der Waals surface area contributed by atoms with Crippen LogP contribution in [0.3, 0.4) is 0 Å². The molecular weight excluding hydrogens is 378 g/mol. The lowest BCUT2D eigenvalue weighted by molar-refractivity contribution is -0.135. The molecule has 6 nitrogen and oxygen atoms in total. The van der Waals surface area contributed by atoms with E-state index in [1.807, 2.05) is 6.92 Å². The van der Waals surface area contributed by atoms with E-state index in [1.165, 1.54) is 6.42 Å². The van der Waals surface area contributed by atoms with Gasteiger partial charge in [-0.05, 0) is 42.4 Å². The van der Waals surface area contributed by atoms with E-state index in [2.05, 4.69) is 24.5 Å². The number of halogens is 1. The summed E-state index contributed by atoms with van der Waals surface area (Å²) in [6.07, 6.45) is 3.56. The lowest BCUT2D eigenvalue weighted by Gasteiger charge is -2.34. The van der Waals surface area contributed by atoms with Crippen molar-refractivity contribution >= 4 is 29.4 Å². The summed E-state index contributed by atoms with van der Waals surface area (Å²) in [5, 5.41) is 6.38. The molecule has 0 bridgehead atoms. The third kappa shape index (κ3) is 3.75. The molecule has 152 valence electrons. The van der Waals surface area contributed by atoms with Gasteiger partial charge in [0, 0.05) is 11.1 Å². The van der Waals surface area contributed by atoms with Crippen molar-refractivity contribution in [3.05, 3.63) is 34.9 Å². The largest absolute Gasteiger partial charge is 0.352 e. The fraction of sp³-hybridized carbons (Fsp3) is 0.571. The van der Waals surface area contributed by atoms with Crippen LogP contribution in [0.2, 0.25) is 5.02 Å². The standard InChI is InChI=1S/C21H28ClN3O3/c1-4-21(15-8-10-16(22)11-9-15)19(27)25(20(28)24-21)12-18(26)23-17-7-5-6-13(2)14(17)3/h8-11,13-14,17H,4-7,12H2,1-3H3,(H,23,26)(H,24,28)/t13-,14-,17+,21+/m0/s1. The summed E-state index contributed by atoms with van der Waals surface area (Å²) in [5.41, 5.74) is -0.496. The predicted molar refractivity (Wildman–Crippen MR) is 108 cm³/mol. The number of carbonyl (C=O) groups is 3. The van der Waals surface area contributed by atoms with E-state index < -0.39 is 17.5 Å². The van der Waals surface area contributed by atoms with Gasteiger partial charge in [0.1, 0.15) is 12.1 Å². The highest BCUT2D eigenvalue weighted by atomic mass is 35.5. The Morgan fingerprint density at radius 2 is 1.93 bits per heavy atom. The molecule has 0 radical (unpaired) electrons. The van der Waals surface area contributed by atoms with Crippen LogP contribution in [0.15, 0.2) is 24.3 Å². The van der Waals surface area contributed by atoms with Crippen molar-refractivity contribution in [2.75, 3.05) is 6.54 Å². The van der Waals surface area contributed by atoms with Crippen molar-refractivity contribution < 1.29 is 14.4 Å². The summed E-state index contributed by atoms with van der Waals surface area (Å²) < 4.78 is 0. The molecule has 2 fully saturated rings. The van der Waals surface area contributed by atoms with Crippen LogP contribution in [0.25, 0.3) is 0 Å². The van der Waals surface area contributed by atoms with Crippen LogP contribution >= 0.6 is 11.6 Å². The first-order valence-corrected chi connectivity index (χ1v) is 10.4. The Hall–Kier alpha value is -2.08. The van der Waals surface area contributed by atoms with Gasteiger partial charge in [0.25, 0.3) is 5.91 Å². The Morgan fingerprint density at radius 1 is 1.25 bits per heavy atom. The van der Waals surface area contributed by atoms with Crippen LogP contribution in [0.1, 0.15) is 52.0 Å². The van der Waals surface area contributed by atoms with E-state index in [9.17, 15) is 14.4 Å². The van der Waals surface area contributed by atoms with Gasteiger partial charge in [-0.2, -0.15) is 0 Å². The Bertz CT molecular complexity index is 767. The third-order valence-electron chi connectivity index (χ3n) is 6.40. The molecule has 1 aromatic rings. The Labute approximate surface area is 171 Å². The average molecular weight is 406 g/mol. The minimum atomic E-state index is -1.16. The number of amides is 4. The van der Waals surface area contributed by atoms with E-state index in [0.717, 1.165) is 17.7 Å². The van der Waals surface area contributed by atoms with Crippen LogP contribution in [0.4, 0.5) is 4.79 Å². The van der Waals surface area contributed by atoms with Crippen LogP contribution in [-0.2, 0) is 15.1 Å². The summed E-state index contributed by atoms with van der Waals surface area (Å²) >= 11 is 5.95. The second-order valence-corrected chi connectivity index (χ2v) is 8.46. The lowest BCUT2D eigenvalue weighted by atomic mass is 9.78. The summed E-state index contributed by atoms with van der Waals surface area (Å²) in [6, 6.07) is 6.40. The molecule has 4 amide bonds. The number of nitrogens with one attached hydrogen (secondary N) is 2. The molecule has 1 saturated heterocycles. The van der Waals surface area contributed by atoms with E-state index >= 15 is 0 Å². The molecule has 2 aliphatic rings. The molecule has 3 rings (SSSR count). The maximum absolute atomic E-state index is 13.1. The van der Waals surface area contributed by atoms with E-state index in [1.54, 1.807) is 24.3 Å². The Kier molecular flexibility index (Phi) is 5.98. The molecule has 1 heterocycles. The first-order valence-electron chi connectivity index (χ1n) is 9.98. The number of carbonyl (C=O) groups excluding carboxylic acids is 3. The van der Waals surface area contributed by atoms with Crippen molar-refractivity contribution in [1.82, 2.24) is 15.5 Å². The first kappa shape index (κ1) is 20.6. The number of hydrogen-bond acceptors (Lipinski definition) is 3. The van der Waals surface area contributed by atoms with Gasteiger partial charge in [-0.3, -0.25) is 14.5 Å². The minimum Gasteiger partial charge on any atom is -0.352 e. The van der Waals surface area contributed by atoms with E-state index in [0.29, 0.717) is 28.8 Å². The quantitative estimate of drug-likeness (QED) is 0.736.